The van der Waals surface area contributed by atoms with Gasteiger partial charge in [0.1, 0.15) is 0 Å². The Kier molecular flexibility index (Phi) is 5.89. The van der Waals surface area contributed by atoms with E-state index in [1.807, 2.05) is 43.3 Å². The Hall–Kier alpha value is -3.15. The van der Waals surface area contributed by atoms with Gasteiger partial charge in [-0.3, -0.25) is 15.1 Å². The number of nitrogens with one attached hydrogen (secondary N) is 2. The first-order chi connectivity index (χ1) is 12.0. The van der Waals surface area contributed by atoms with Crippen molar-refractivity contribution in [2.45, 2.75) is 13.0 Å². The molecule has 1 amide bonds. The van der Waals surface area contributed by atoms with Gasteiger partial charge in [0.05, 0.1) is 18.7 Å². The Balaban J connectivity index is 2.25. The summed E-state index contributed by atoms with van der Waals surface area (Å²) in [5, 5.41) is 10.8. The Morgan fingerprint density at radius 3 is 2.48 bits per heavy atom. The molecule has 2 rings (SSSR count). The molecule has 2 aromatic rings. The minimum Gasteiger partial charge on any atom is -0.465 e. The first-order valence-corrected chi connectivity index (χ1v) is 7.78. The second-order valence-electron chi connectivity index (χ2n) is 5.63. The van der Waals surface area contributed by atoms with Crippen LogP contribution in [0.4, 0.5) is 0 Å². The van der Waals surface area contributed by atoms with Crippen LogP contribution in [-0.4, -0.2) is 37.4 Å². The van der Waals surface area contributed by atoms with Crippen molar-refractivity contribution in [2.75, 3.05) is 14.2 Å². The molecule has 2 aromatic carbocycles. The molecule has 0 spiro atoms. The third-order valence-electron chi connectivity index (χ3n) is 3.87. The topological polar surface area (TPSA) is 82.5 Å². The quantitative estimate of drug-likeness (QED) is 0.380. The second-order valence-corrected chi connectivity index (χ2v) is 5.63. The zero-order chi connectivity index (χ0) is 18.4. The number of methoxy groups -OCH3 is 1. The fourth-order valence-corrected chi connectivity index (χ4v) is 2.37. The molecule has 1 atom stereocenters. The van der Waals surface area contributed by atoms with Gasteiger partial charge < -0.3 is 10.1 Å². The zero-order valence-electron chi connectivity index (χ0n) is 14.4. The summed E-state index contributed by atoms with van der Waals surface area (Å²) in [6.07, 6.45) is 0.580. The van der Waals surface area contributed by atoms with Crippen LogP contribution < -0.4 is 5.32 Å². The van der Waals surface area contributed by atoms with Crippen molar-refractivity contribution >= 4 is 18.3 Å². The molecule has 0 radical (unpaired) electrons. The Bertz CT molecular complexity index is 789. The maximum atomic E-state index is 11.7. The van der Waals surface area contributed by atoms with E-state index in [0.29, 0.717) is 12.0 Å². The van der Waals surface area contributed by atoms with Crippen molar-refractivity contribution in [3.8, 4) is 11.1 Å². The highest BCUT2D eigenvalue weighted by Crippen LogP contribution is 2.24. The van der Waals surface area contributed by atoms with E-state index in [4.69, 9.17) is 10.1 Å². The fraction of sp³-hybridized carbons (Fsp3) is 0.211. The minimum absolute atomic E-state index is 0.0283. The van der Waals surface area contributed by atoms with E-state index in [-0.39, 0.29) is 18.0 Å². The predicted octanol–water partition coefficient (Wildman–Crippen LogP) is 2.81. The van der Waals surface area contributed by atoms with Crippen LogP contribution in [0.1, 0.15) is 28.9 Å². The number of amides is 1. The van der Waals surface area contributed by atoms with Gasteiger partial charge in [-0.25, -0.2) is 4.79 Å². The average Bonchev–Trinajstić information content (AvgIpc) is 2.66. The SMILES string of the molecule is COC(=O)c1cccc(-c2cccc(C(C)NC(=N)N(C)C=O)c2)c1. The molecule has 25 heavy (non-hydrogen) atoms. The third kappa shape index (κ3) is 4.44. The number of carbonyl (C=O) groups excluding carboxylic acids is 2. The third-order valence-corrected chi connectivity index (χ3v) is 3.87. The van der Waals surface area contributed by atoms with E-state index in [1.54, 1.807) is 12.1 Å². The van der Waals surface area contributed by atoms with Crippen LogP contribution in [0.15, 0.2) is 48.5 Å². The largest absolute Gasteiger partial charge is 0.465 e. The standard InChI is InChI=1S/C19H21N3O3/c1-13(21-19(20)22(2)12-23)14-6-4-7-15(10-14)16-8-5-9-17(11-16)18(24)25-3/h4-13H,1-3H3,(H2,20,21). The van der Waals surface area contributed by atoms with Gasteiger partial charge in [0.2, 0.25) is 6.41 Å². The molecule has 0 aromatic heterocycles. The fourth-order valence-electron chi connectivity index (χ4n) is 2.37. The van der Waals surface area contributed by atoms with Crippen molar-refractivity contribution in [2.24, 2.45) is 0 Å². The van der Waals surface area contributed by atoms with Gasteiger partial charge in [-0.2, -0.15) is 0 Å². The summed E-state index contributed by atoms with van der Waals surface area (Å²) in [7, 11) is 2.87. The molecule has 1 unspecified atom stereocenters. The van der Waals surface area contributed by atoms with Gasteiger partial charge in [0, 0.05) is 7.05 Å². The van der Waals surface area contributed by atoms with Crippen molar-refractivity contribution in [3.05, 3.63) is 59.7 Å². The molecule has 6 nitrogen and oxygen atoms in total. The summed E-state index contributed by atoms with van der Waals surface area (Å²) < 4.78 is 4.76. The summed E-state index contributed by atoms with van der Waals surface area (Å²) in [6, 6.07) is 14.9. The summed E-state index contributed by atoms with van der Waals surface area (Å²) in [5.74, 6) is -0.348. The van der Waals surface area contributed by atoms with Gasteiger partial charge >= 0.3 is 5.97 Å². The van der Waals surface area contributed by atoms with Gasteiger partial charge in [-0.15, -0.1) is 0 Å². The lowest BCUT2D eigenvalue weighted by atomic mass is 9.99. The van der Waals surface area contributed by atoms with E-state index in [9.17, 15) is 9.59 Å². The number of hydrogen-bond donors (Lipinski definition) is 2. The molecule has 2 N–H and O–H groups in total. The van der Waals surface area contributed by atoms with Crippen LogP contribution in [-0.2, 0) is 9.53 Å². The van der Waals surface area contributed by atoms with Crippen LogP contribution in [0.3, 0.4) is 0 Å². The van der Waals surface area contributed by atoms with E-state index in [0.717, 1.165) is 16.7 Å². The number of ether oxygens (including phenoxy) is 1. The number of rotatable bonds is 5. The van der Waals surface area contributed by atoms with Crippen LogP contribution >= 0.6 is 0 Å². The molecule has 0 saturated carbocycles. The Morgan fingerprint density at radius 1 is 1.20 bits per heavy atom. The molecule has 0 heterocycles. The maximum Gasteiger partial charge on any atom is 0.337 e. The van der Waals surface area contributed by atoms with Crippen LogP contribution in [0.25, 0.3) is 11.1 Å². The highest BCUT2D eigenvalue weighted by Gasteiger charge is 2.12. The predicted molar refractivity (Wildman–Crippen MR) is 96.3 cm³/mol. The van der Waals surface area contributed by atoms with E-state index in [1.165, 1.54) is 19.1 Å². The first kappa shape index (κ1) is 18.2. The number of hydrogen-bond acceptors (Lipinski definition) is 4. The van der Waals surface area contributed by atoms with E-state index < -0.39 is 0 Å². The highest BCUT2D eigenvalue weighted by atomic mass is 16.5. The molecule has 0 saturated heterocycles. The summed E-state index contributed by atoms with van der Waals surface area (Å²) >= 11 is 0. The lowest BCUT2D eigenvalue weighted by molar-refractivity contribution is -0.114. The van der Waals surface area contributed by atoms with Crippen LogP contribution in [0.2, 0.25) is 0 Å². The summed E-state index contributed by atoms with van der Waals surface area (Å²) in [6.45, 7) is 1.91. The lowest BCUT2D eigenvalue weighted by Gasteiger charge is -2.20. The maximum absolute atomic E-state index is 11.7. The van der Waals surface area contributed by atoms with Crippen molar-refractivity contribution in [3.63, 3.8) is 0 Å². The minimum atomic E-state index is -0.376. The molecule has 0 aliphatic heterocycles. The van der Waals surface area contributed by atoms with Crippen LogP contribution in [0.5, 0.6) is 0 Å². The molecular weight excluding hydrogens is 318 g/mol. The Labute approximate surface area is 146 Å². The second kappa shape index (κ2) is 8.10. The van der Waals surface area contributed by atoms with Gasteiger partial charge in [0.15, 0.2) is 5.96 Å². The van der Waals surface area contributed by atoms with Crippen molar-refractivity contribution in [1.29, 1.82) is 5.41 Å². The number of guanidine groups is 1. The Morgan fingerprint density at radius 2 is 1.84 bits per heavy atom. The van der Waals surface area contributed by atoms with Crippen LogP contribution in [0, 0.1) is 5.41 Å². The molecule has 6 heteroatoms. The molecule has 0 aliphatic carbocycles. The average molecular weight is 339 g/mol. The van der Waals surface area contributed by atoms with Gasteiger partial charge in [0.25, 0.3) is 0 Å². The molecule has 130 valence electrons. The van der Waals surface area contributed by atoms with Gasteiger partial charge in [-0.05, 0) is 41.8 Å². The number of carbonyl (C=O) groups is 2. The number of esters is 1. The highest BCUT2D eigenvalue weighted by molar-refractivity contribution is 5.91. The number of benzene rings is 2. The zero-order valence-corrected chi connectivity index (χ0v) is 14.4. The van der Waals surface area contributed by atoms with Crippen molar-refractivity contribution in [1.82, 2.24) is 10.2 Å². The normalized spacial score (nSPS) is 11.3. The van der Waals surface area contributed by atoms with E-state index in [2.05, 4.69) is 5.32 Å². The summed E-state index contributed by atoms with van der Waals surface area (Å²) in [4.78, 5) is 23.6. The first-order valence-electron chi connectivity index (χ1n) is 7.78. The summed E-state index contributed by atoms with van der Waals surface area (Å²) in [5.41, 5.74) is 3.31. The smallest absolute Gasteiger partial charge is 0.337 e. The molecule has 0 fully saturated rings. The van der Waals surface area contributed by atoms with E-state index >= 15 is 0 Å². The van der Waals surface area contributed by atoms with Crippen molar-refractivity contribution < 1.29 is 14.3 Å². The lowest BCUT2D eigenvalue weighted by Crippen LogP contribution is -2.38. The molecule has 0 bridgehead atoms. The monoisotopic (exact) mass is 339 g/mol. The molecule has 0 aliphatic rings. The number of nitrogens with zero attached hydrogens (tertiary/aromatic N) is 1. The molecular formula is C19H21N3O3. The van der Waals surface area contributed by atoms with Gasteiger partial charge in [-0.1, -0.05) is 30.3 Å².